The molecule has 7 heteroatoms. The minimum Gasteiger partial charge on any atom is -0.497 e. The van der Waals surface area contributed by atoms with Crippen molar-refractivity contribution in [1.29, 1.82) is 0 Å². The van der Waals surface area contributed by atoms with Crippen molar-refractivity contribution < 1.29 is 33.3 Å². The van der Waals surface area contributed by atoms with E-state index in [4.69, 9.17) is 23.7 Å². The van der Waals surface area contributed by atoms with Crippen LogP contribution in [0.2, 0.25) is 0 Å². The molecular formula is C26H34O7. The lowest BCUT2D eigenvalue weighted by atomic mass is 9.94. The van der Waals surface area contributed by atoms with Gasteiger partial charge in [0.2, 0.25) is 0 Å². The van der Waals surface area contributed by atoms with E-state index in [1.165, 1.54) is 14.2 Å². The number of hydrogen-bond acceptors (Lipinski definition) is 7. The van der Waals surface area contributed by atoms with Crippen LogP contribution in [-0.4, -0.2) is 46.8 Å². The van der Waals surface area contributed by atoms with Crippen LogP contribution in [0.4, 0.5) is 0 Å². The summed E-state index contributed by atoms with van der Waals surface area (Å²) >= 11 is 0. The summed E-state index contributed by atoms with van der Waals surface area (Å²) in [6, 6.07) is 9.16. The molecule has 7 nitrogen and oxygen atoms in total. The van der Waals surface area contributed by atoms with Crippen molar-refractivity contribution in [1.82, 2.24) is 0 Å². The van der Waals surface area contributed by atoms with Crippen LogP contribution in [0.1, 0.15) is 37.0 Å². The number of ketones is 1. The number of hydrogen-bond donors (Lipinski definition) is 0. The summed E-state index contributed by atoms with van der Waals surface area (Å²) in [6.45, 7) is 3.98. The molecule has 0 N–H and O–H groups in total. The van der Waals surface area contributed by atoms with Gasteiger partial charge in [-0.3, -0.25) is 4.79 Å². The second-order valence-corrected chi connectivity index (χ2v) is 8.10. The number of methoxy groups -OCH3 is 4. The molecule has 0 unspecified atom stereocenters. The van der Waals surface area contributed by atoms with E-state index >= 15 is 0 Å². The fourth-order valence-corrected chi connectivity index (χ4v) is 3.50. The summed E-state index contributed by atoms with van der Waals surface area (Å²) in [5.41, 5.74) is 2.29. The van der Waals surface area contributed by atoms with Gasteiger partial charge in [-0.15, -0.1) is 0 Å². The molecule has 0 aliphatic carbocycles. The van der Waals surface area contributed by atoms with Crippen molar-refractivity contribution in [2.75, 3.05) is 35.0 Å². The Morgan fingerprint density at radius 2 is 1.48 bits per heavy atom. The zero-order valence-electron chi connectivity index (χ0n) is 20.4. The second-order valence-electron chi connectivity index (χ2n) is 8.10. The van der Waals surface area contributed by atoms with Crippen LogP contribution in [0.5, 0.6) is 23.0 Å². The number of esters is 1. The Bertz CT molecular complexity index is 933. The van der Waals surface area contributed by atoms with Gasteiger partial charge < -0.3 is 23.7 Å². The summed E-state index contributed by atoms with van der Waals surface area (Å²) in [7, 11) is 6.01. The number of benzene rings is 2. The van der Waals surface area contributed by atoms with E-state index < -0.39 is 5.97 Å². The first-order chi connectivity index (χ1) is 15.8. The standard InChI is InChI=1S/C26H34O7/c1-17(2)7-12-21-23(30-4)15-24(31-5)22(26(21)33-16-25(28)32-6)14-19(27)13-18-8-10-20(29-3)11-9-18/h8-11,15,17H,7,12-14,16H2,1-6H3. The van der Waals surface area contributed by atoms with E-state index in [0.717, 1.165) is 23.3 Å². The zero-order valence-corrected chi connectivity index (χ0v) is 20.4. The van der Waals surface area contributed by atoms with Gasteiger partial charge in [0, 0.05) is 30.0 Å². The molecule has 2 aromatic carbocycles. The average Bonchev–Trinajstić information content (AvgIpc) is 2.81. The summed E-state index contributed by atoms with van der Waals surface area (Å²) in [6.07, 6.45) is 1.89. The van der Waals surface area contributed by atoms with Crippen molar-refractivity contribution in [2.45, 2.75) is 39.5 Å². The molecule has 33 heavy (non-hydrogen) atoms. The molecular weight excluding hydrogens is 424 g/mol. The first kappa shape index (κ1) is 26.0. The van der Waals surface area contributed by atoms with Crippen LogP contribution in [0.3, 0.4) is 0 Å². The molecule has 2 aromatic rings. The minimum absolute atomic E-state index is 0.0126. The van der Waals surface area contributed by atoms with Crippen LogP contribution < -0.4 is 18.9 Å². The maximum atomic E-state index is 13.0. The molecule has 0 atom stereocenters. The number of carbonyl (C=O) groups excluding carboxylic acids is 2. The fraction of sp³-hybridized carbons (Fsp3) is 0.462. The van der Waals surface area contributed by atoms with Crippen molar-refractivity contribution in [3.63, 3.8) is 0 Å². The van der Waals surface area contributed by atoms with Crippen LogP contribution in [0.25, 0.3) is 0 Å². The molecule has 0 aliphatic rings. The highest BCUT2D eigenvalue weighted by molar-refractivity contribution is 5.85. The summed E-state index contributed by atoms with van der Waals surface area (Å²) in [5, 5.41) is 0. The lowest BCUT2D eigenvalue weighted by molar-refractivity contribution is -0.142. The molecule has 0 saturated carbocycles. The fourth-order valence-electron chi connectivity index (χ4n) is 3.50. The van der Waals surface area contributed by atoms with Gasteiger partial charge in [-0.25, -0.2) is 4.79 Å². The normalized spacial score (nSPS) is 10.6. The summed E-state index contributed by atoms with van der Waals surface area (Å²) in [4.78, 5) is 24.8. The number of rotatable bonds is 13. The molecule has 0 radical (unpaired) electrons. The Labute approximate surface area is 195 Å². The molecule has 180 valence electrons. The van der Waals surface area contributed by atoms with Gasteiger partial charge in [-0.2, -0.15) is 0 Å². The van der Waals surface area contributed by atoms with Gasteiger partial charge in [0.15, 0.2) is 6.61 Å². The molecule has 0 saturated heterocycles. The zero-order chi connectivity index (χ0) is 24.4. The van der Waals surface area contributed by atoms with Crippen LogP contribution >= 0.6 is 0 Å². The Morgan fingerprint density at radius 3 is 2.03 bits per heavy atom. The predicted molar refractivity (Wildman–Crippen MR) is 126 cm³/mol. The van der Waals surface area contributed by atoms with Gasteiger partial charge in [0.1, 0.15) is 28.8 Å². The topological polar surface area (TPSA) is 80.3 Å². The Balaban J connectivity index is 2.43. The van der Waals surface area contributed by atoms with Gasteiger partial charge in [0.25, 0.3) is 0 Å². The quantitative estimate of drug-likeness (QED) is 0.416. The van der Waals surface area contributed by atoms with Crippen LogP contribution in [0, 0.1) is 5.92 Å². The lowest BCUT2D eigenvalue weighted by Gasteiger charge is -2.21. The molecule has 2 rings (SSSR count). The molecule has 0 fully saturated rings. The van der Waals surface area contributed by atoms with Crippen molar-refractivity contribution in [3.05, 3.63) is 47.0 Å². The summed E-state index contributed by atoms with van der Waals surface area (Å²) < 4.78 is 27.0. The van der Waals surface area contributed by atoms with E-state index in [-0.39, 0.29) is 25.2 Å². The van der Waals surface area contributed by atoms with Gasteiger partial charge in [0.05, 0.1) is 28.4 Å². The molecule has 0 heterocycles. The first-order valence-corrected chi connectivity index (χ1v) is 10.9. The van der Waals surface area contributed by atoms with Gasteiger partial charge >= 0.3 is 5.97 Å². The predicted octanol–water partition coefficient (Wildman–Crippen LogP) is 4.21. The third-order valence-corrected chi connectivity index (χ3v) is 5.31. The third kappa shape index (κ3) is 7.41. The maximum Gasteiger partial charge on any atom is 0.343 e. The third-order valence-electron chi connectivity index (χ3n) is 5.31. The highest BCUT2D eigenvalue weighted by Gasteiger charge is 2.24. The van der Waals surface area contributed by atoms with Crippen molar-refractivity contribution in [2.24, 2.45) is 5.92 Å². The average molecular weight is 459 g/mol. The SMILES string of the molecule is COC(=O)COc1c(CCC(C)C)c(OC)cc(OC)c1CC(=O)Cc1ccc(OC)cc1. The van der Waals surface area contributed by atoms with Gasteiger partial charge in [-0.1, -0.05) is 26.0 Å². The largest absolute Gasteiger partial charge is 0.497 e. The monoisotopic (exact) mass is 458 g/mol. The maximum absolute atomic E-state index is 13.0. The molecule has 0 aliphatic heterocycles. The highest BCUT2D eigenvalue weighted by Crippen LogP contribution is 2.41. The molecule has 0 spiro atoms. The highest BCUT2D eigenvalue weighted by atomic mass is 16.6. The number of ether oxygens (including phenoxy) is 5. The first-order valence-electron chi connectivity index (χ1n) is 10.9. The molecule has 0 amide bonds. The van der Waals surface area contributed by atoms with Crippen LogP contribution in [-0.2, 0) is 33.6 Å². The van der Waals surface area contributed by atoms with E-state index in [9.17, 15) is 9.59 Å². The van der Waals surface area contributed by atoms with Crippen LogP contribution in [0.15, 0.2) is 30.3 Å². The Morgan fingerprint density at radius 1 is 0.848 bits per heavy atom. The second kappa shape index (κ2) is 12.7. The lowest BCUT2D eigenvalue weighted by Crippen LogP contribution is -2.17. The number of Topliss-reactive ketones (excluding diaryl/α,β-unsaturated/α-hetero) is 1. The van der Waals surface area contributed by atoms with E-state index in [1.807, 2.05) is 24.3 Å². The van der Waals surface area contributed by atoms with E-state index in [1.54, 1.807) is 20.3 Å². The van der Waals surface area contributed by atoms with Gasteiger partial charge in [-0.05, 0) is 36.5 Å². The van der Waals surface area contributed by atoms with E-state index in [2.05, 4.69) is 13.8 Å². The van der Waals surface area contributed by atoms with E-state index in [0.29, 0.717) is 35.2 Å². The Hall–Kier alpha value is -3.22. The number of carbonyl (C=O) groups is 2. The summed E-state index contributed by atoms with van der Waals surface area (Å²) in [5.74, 6) is 2.17. The molecule has 0 bridgehead atoms. The smallest absolute Gasteiger partial charge is 0.343 e. The van der Waals surface area contributed by atoms with Crippen molar-refractivity contribution in [3.8, 4) is 23.0 Å². The Kier molecular flexibility index (Phi) is 10.0. The molecule has 0 aromatic heterocycles. The van der Waals surface area contributed by atoms with Crippen molar-refractivity contribution >= 4 is 11.8 Å². The minimum atomic E-state index is -0.512.